The van der Waals surface area contributed by atoms with Crippen molar-refractivity contribution < 1.29 is 19.2 Å². The first-order valence-electron chi connectivity index (χ1n) is 9.60. The van der Waals surface area contributed by atoms with Crippen LogP contribution in [0.4, 0.5) is 11.4 Å². The summed E-state index contributed by atoms with van der Waals surface area (Å²) < 4.78 is 5.30. The predicted octanol–water partition coefficient (Wildman–Crippen LogP) is 3.68. The van der Waals surface area contributed by atoms with Gasteiger partial charge in [0.25, 0.3) is 11.6 Å². The van der Waals surface area contributed by atoms with Gasteiger partial charge in [0.1, 0.15) is 5.75 Å². The SMILES string of the molecule is Cc1cccc(NCC(=O)N/N=C\c2cccc(OC(=O)c3ccc([N+](=O)[O-])cc3)c2)c1. The molecular formula is C23H20N4O5. The standard InChI is InChI=1S/C23H20N4O5/c1-16-4-2-6-19(12-16)24-15-22(28)26-25-14-17-5-3-7-21(13-17)32-23(29)18-8-10-20(11-9-18)27(30)31/h2-14,24H,15H2,1H3,(H,26,28)/b25-14-. The van der Waals surface area contributed by atoms with Crippen molar-refractivity contribution in [1.82, 2.24) is 5.43 Å². The number of rotatable bonds is 8. The number of benzene rings is 3. The fourth-order valence-corrected chi connectivity index (χ4v) is 2.70. The number of nitrogens with zero attached hydrogens (tertiary/aromatic N) is 2. The Hall–Kier alpha value is -4.53. The molecule has 3 rings (SSSR count). The molecule has 0 saturated carbocycles. The van der Waals surface area contributed by atoms with Crippen LogP contribution in [0.15, 0.2) is 77.9 Å². The van der Waals surface area contributed by atoms with Crippen LogP contribution in [0.5, 0.6) is 5.75 Å². The van der Waals surface area contributed by atoms with Crippen molar-refractivity contribution in [3.05, 3.63) is 99.6 Å². The average molecular weight is 432 g/mol. The minimum absolute atomic E-state index is 0.0632. The Balaban J connectivity index is 1.52. The minimum atomic E-state index is -0.649. The third kappa shape index (κ3) is 6.49. The fourth-order valence-electron chi connectivity index (χ4n) is 2.70. The van der Waals surface area contributed by atoms with Crippen LogP contribution >= 0.6 is 0 Å². The number of non-ortho nitro benzene ring substituents is 1. The summed E-state index contributed by atoms with van der Waals surface area (Å²) >= 11 is 0. The number of hydrazone groups is 1. The van der Waals surface area contributed by atoms with E-state index in [1.807, 2.05) is 31.2 Å². The maximum Gasteiger partial charge on any atom is 0.343 e. The van der Waals surface area contributed by atoms with Gasteiger partial charge in [-0.3, -0.25) is 14.9 Å². The van der Waals surface area contributed by atoms with E-state index in [1.165, 1.54) is 30.5 Å². The van der Waals surface area contributed by atoms with Crippen LogP contribution in [0.25, 0.3) is 0 Å². The van der Waals surface area contributed by atoms with E-state index in [1.54, 1.807) is 24.3 Å². The number of aryl methyl sites for hydroxylation is 1. The van der Waals surface area contributed by atoms with Crippen molar-refractivity contribution >= 4 is 29.5 Å². The topological polar surface area (TPSA) is 123 Å². The molecule has 0 atom stereocenters. The predicted molar refractivity (Wildman–Crippen MR) is 120 cm³/mol. The highest BCUT2D eigenvalue weighted by atomic mass is 16.6. The maximum absolute atomic E-state index is 12.2. The van der Waals surface area contributed by atoms with Crippen molar-refractivity contribution in [2.45, 2.75) is 6.92 Å². The highest BCUT2D eigenvalue weighted by molar-refractivity contribution is 5.91. The van der Waals surface area contributed by atoms with Crippen molar-refractivity contribution in [3.63, 3.8) is 0 Å². The summed E-state index contributed by atoms with van der Waals surface area (Å²) in [6.07, 6.45) is 1.42. The molecule has 3 aromatic rings. The van der Waals surface area contributed by atoms with E-state index in [0.29, 0.717) is 5.56 Å². The number of nitro benzene ring substituents is 1. The molecule has 0 bridgehead atoms. The van der Waals surface area contributed by atoms with Crippen molar-refractivity contribution in [1.29, 1.82) is 0 Å². The summed E-state index contributed by atoms with van der Waals surface area (Å²) in [5.41, 5.74) is 5.02. The third-order valence-corrected chi connectivity index (χ3v) is 4.26. The number of esters is 1. The number of ether oxygens (including phenoxy) is 1. The molecule has 0 aliphatic carbocycles. The van der Waals surface area contributed by atoms with E-state index in [4.69, 9.17) is 4.74 Å². The summed E-state index contributed by atoms with van der Waals surface area (Å²) in [5, 5.41) is 17.6. The van der Waals surface area contributed by atoms with E-state index in [0.717, 1.165) is 11.3 Å². The lowest BCUT2D eigenvalue weighted by Gasteiger charge is -2.06. The van der Waals surface area contributed by atoms with Crippen LogP contribution in [-0.2, 0) is 4.79 Å². The van der Waals surface area contributed by atoms with Gasteiger partial charge in [0.2, 0.25) is 0 Å². The number of nitro groups is 1. The second-order valence-corrected chi connectivity index (χ2v) is 6.78. The molecule has 0 aliphatic rings. The van der Waals surface area contributed by atoms with E-state index in [2.05, 4.69) is 15.8 Å². The van der Waals surface area contributed by atoms with Gasteiger partial charge in [0.05, 0.1) is 23.2 Å². The number of anilines is 1. The largest absolute Gasteiger partial charge is 0.423 e. The Labute approximate surface area is 183 Å². The Morgan fingerprint density at radius 3 is 2.53 bits per heavy atom. The lowest BCUT2D eigenvalue weighted by Crippen LogP contribution is -2.25. The molecule has 32 heavy (non-hydrogen) atoms. The second-order valence-electron chi connectivity index (χ2n) is 6.78. The second kappa shape index (κ2) is 10.5. The molecular weight excluding hydrogens is 412 g/mol. The molecule has 0 radical (unpaired) electrons. The fraction of sp³-hybridized carbons (Fsp3) is 0.0870. The van der Waals surface area contributed by atoms with Gasteiger partial charge in [-0.25, -0.2) is 10.2 Å². The summed E-state index contributed by atoms with van der Waals surface area (Å²) in [6, 6.07) is 19.3. The quantitative estimate of drug-likeness (QED) is 0.184. The Bertz CT molecular complexity index is 1160. The molecule has 0 unspecified atom stereocenters. The van der Waals surface area contributed by atoms with Crippen LogP contribution in [0.3, 0.4) is 0 Å². The van der Waals surface area contributed by atoms with E-state index in [-0.39, 0.29) is 29.5 Å². The van der Waals surface area contributed by atoms with Gasteiger partial charge < -0.3 is 10.1 Å². The number of carbonyl (C=O) groups is 2. The highest BCUT2D eigenvalue weighted by Gasteiger charge is 2.11. The zero-order valence-corrected chi connectivity index (χ0v) is 17.1. The van der Waals surface area contributed by atoms with Gasteiger partial charge >= 0.3 is 5.97 Å². The number of hydrogen-bond donors (Lipinski definition) is 2. The molecule has 0 saturated heterocycles. The lowest BCUT2D eigenvalue weighted by molar-refractivity contribution is -0.384. The molecule has 0 heterocycles. The Kier molecular flexibility index (Phi) is 7.26. The molecule has 2 N–H and O–H groups in total. The summed E-state index contributed by atoms with van der Waals surface area (Å²) in [4.78, 5) is 34.3. The van der Waals surface area contributed by atoms with Crippen molar-refractivity contribution in [2.75, 3.05) is 11.9 Å². The van der Waals surface area contributed by atoms with Crippen LogP contribution in [0.1, 0.15) is 21.5 Å². The van der Waals surface area contributed by atoms with Gasteiger partial charge in [-0.1, -0.05) is 24.3 Å². The maximum atomic E-state index is 12.2. The number of amides is 1. The first-order valence-corrected chi connectivity index (χ1v) is 9.60. The minimum Gasteiger partial charge on any atom is -0.423 e. The van der Waals surface area contributed by atoms with Gasteiger partial charge in [-0.2, -0.15) is 5.10 Å². The normalized spacial score (nSPS) is 10.5. The van der Waals surface area contributed by atoms with Crippen LogP contribution in [0, 0.1) is 17.0 Å². The highest BCUT2D eigenvalue weighted by Crippen LogP contribution is 2.17. The molecule has 0 spiro atoms. The molecule has 0 aromatic heterocycles. The van der Waals surface area contributed by atoms with Gasteiger partial charge in [-0.15, -0.1) is 0 Å². The van der Waals surface area contributed by atoms with Gasteiger partial charge in [-0.05, 0) is 54.4 Å². The smallest absolute Gasteiger partial charge is 0.343 e. The van der Waals surface area contributed by atoms with Gasteiger partial charge in [0, 0.05) is 17.8 Å². The first-order chi connectivity index (χ1) is 15.4. The summed E-state index contributed by atoms with van der Waals surface area (Å²) in [7, 11) is 0. The molecule has 9 nitrogen and oxygen atoms in total. The van der Waals surface area contributed by atoms with Crippen LogP contribution in [0.2, 0.25) is 0 Å². The zero-order valence-electron chi connectivity index (χ0n) is 17.1. The van der Waals surface area contributed by atoms with E-state index >= 15 is 0 Å². The molecule has 3 aromatic carbocycles. The third-order valence-electron chi connectivity index (χ3n) is 4.26. The average Bonchev–Trinajstić information content (AvgIpc) is 2.78. The summed E-state index contributed by atoms with van der Waals surface area (Å²) in [6.45, 7) is 2.03. The molecule has 0 aliphatic heterocycles. The zero-order chi connectivity index (χ0) is 22.9. The number of hydrogen-bond acceptors (Lipinski definition) is 7. The van der Waals surface area contributed by atoms with Gasteiger partial charge in [0.15, 0.2) is 0 Å². The number of nitrogens with one attached hydrogen (secondary N) is 2. The van der Waals surface area contributed by atoms with Crippen molar-refractivity contribution in [3.8, 4) is 5.75 Å². The Morgan fingerprint density at radius 2 is 1.81 bits per heavy atom. The Morgan fingerprint density at radius 1 is 1.06 bits per heavy atom. The van der Waals surface area contributed by atoms with Crippen molar-refractivity contribution in [2.24, 2.45) is 5.10 Å². The number of carbonyl (C=O) groups excluding carboxylic acids is 2. The summed E-state index contributed by atoms with van der Waals surface area (Å²) in [5.74, 6) is -0.697. The molecule has 9 heteroatoms. The first kappa shape index (κ1) is 22.2. The molecule has 0 fully saturated rings. The molecule has 1 amide bonds. The van der Waals surface area contributed by atoms with E-state index in [9.17, 15) is 19.7 Å². The van der Waals surface area contributed by atoms with Crippen LogP contribution in [-0.4, -0.2) is 29.6 Å². The van der Waals surface area contributed by atoms with E-state index < -0.39 is 10.9 Å². The lowest BCUT2D eigenvalue weighted by atomic mass is 10.2. The molecule has 162 valence electrons. The monoisotopic (exact) mass is 432 g/mol. The van der Waals surface area contributed by atoms with Crippen LogP contribution < -0.4 is 15.5 Å².